The molecule has 0 atom stereocenters. The molecule has 0 aromatic heterocycles. The van der Waals surface area contributed by atoms with Crippen LogP contribution < -0.4 is 0 Å². The molecule has 2 aromatic carbocycles. The molecule has 0 aliphatic carbocycles. The van der Waals surface area contributed by atoms with Gasteiger partial charge in [-0.05, 0) is 12.1 Å². The molecule has 0 saturated carbocycles. The molecule has 1 N–H and O–H groups in total. The standard InChI is InChI=1S/C14H6F6O2/c15-10-6(2-1-3-9(10)14(18,19)20)7-4-5-8(13(21)22)12(17)11(7)16/h1-5H,(H,21,22). The quantitative estimate of drug-likeness (QED) is 0.828. The van der Waals surface area contributed by atoms with Gasteiger partial charge in [-0.1, -0.05) is 18.2 Å². The van der Waals surface area contributed by atoms with Gasteiger partial charge in [0.1, 0.15) is 5.82 Å². The van der Waals surface area contributed by atoms with E-state index in [4.69, 9.17) is 5.11 Å². The highest BCUT2D eigenvalue weighted by Gasteiger charge is 2.35. The van der Waals surface area contributed by atoms with Crippen LogP contribution in [0.3, 0.4) is 0 Å². The second kappa shape index (κ2) is 5.36. The van der Waals surface area contributed by atoms with Crippen molar-refractivity contribution < 1.29 is 36.2 Å². The Labute approximate surface area is 119 Å². The van der Waals surface area contributed by atoms with Crippen LogP contribution in [-0.2, 0) is 6.18 Å². The average molecular weight is 320 g/mol. The number of hydrogen-bond acceptors (Lipinski definition) is 1. The molecule has 0 heterocycles. The smallest absolute Gasteiger partial charge is 0.419 e. The average Bonchev–Trinajstić information content (AvgIpc) is 2.41. The van der Waals surface area contributed by atoms with E-state index >= 15 is 0 Å². The van der Waals surface area contributed by atoms with Crippen LogP contribution in [0.4, 0.5) is 26.3 Å². The highest BCUT2D eigenvalue weighted by atomic mass is 19.4. The summed E-state index contributed by atoms with van der Waals surface area (Å²) in [5, 5.41) is 8.63. The van der Waals surface area contributed by atoms with Gasteiger partial charge < -0.3 is 5.11 Å². The number of aromatic carboxylic acids is 1. The lowest BCUT2D eigenvalue weighted by molar-refractivity contribution is -0.139. The van der Waals surface area contributed by atoms with Gasteiger partial charge in [-0.2, -0.15) is 13.2 Å². The Morgan fingerprint density at radius 3 is 2.00 bits per heavy atom. The largest absolute Gasteiger partial charge is 0.478 e. The number of carboxylic acids is 1. The van der Waals surface area contributed by atoms with Crippen molar-refractivity contribution in [1.82, 2.24) is 0 Å². The summed E-state index contributed by atoms with van der Waals surface area (Å²) in [7, 11) is 0. The lowest BCUT2D eigenvalue weighted by Gasteiger charge is -2.12. The molecule has 2 aromatic rings. The minimum absolute atomic E-state index is 0.457. The molecular weight excluding hydrogens is 314 g/mol. The molecule has 0 spiro atoms. The zero-order valence-corrected chi connectivity index (χ0v) is 10.5. The molecule has 0 fully saturated rings. The highest BCUT2D eigenvalue weighted by Crippen LogP contribution is 2.36. The van der Waals surface area contributed by atoms with Gasteiger partial charge in [-0.25, -0.2) is 18.0 Å². The van der Waals surface area contributed by atoms with Gasteiger partial charge in [0, 0.05) is 11.1 Å². The Hall–Kier alpha value is -2.51. The second-order valence-corrected chi connectivity index (χ2v) is 4.26. The predicted molar refractivity (Wildman–Crippen MR) is 63.7 cm³/mol. The van der Waals surface area contributed by atoms with Crippen LogP contribution >= 0.6 is 0 Å². The summed E-state index contributed by atoms with van der Waals surface area (Å²) in [5.41, 5.74) is -4.25. The van der Waals surface area contributed by atoms with Crippen molar-refractivity contribution in [3.8, 4) is 11.1 Å². The summed E-state index contributed by atoms with van der Waals surface area (Å²) in [4.78, 5) is 10.6. The van der Waals surface area contributed by atoms with Crippen LogP contribution in [0.15, 0.2) is 30.3 Å². The Kier molecular flexibility index (Phi) is 3.87. The summed E-state index contributed by atoms with van der Waals surface area (Å²) in [6.45, 7) is 0. The van der Waals surface area contributed by atoms with E-state index in [0.29, 0.717) is 18.2 Å². The fourth-order valence-electron chi connectivity index (χ4n) is 1.88. The maximum atomic E-state index is 13.9. The first-order chi connectivity index (χ1) is 10.1. The molecule has 8 heteroatoms. The van der Waals surface area contributed by atoms with E-state index in [1.54, 1.807) is 0 Å². The second-order valence-electron chi connectivity index (χ2n) is 4.26. The Balaban J connectivity index is 2.69. The third-order valence-corrected chi connectivity index (χ3v) is 2.91. The van der Waals surface area contributed by atoms with Gasteiger partial charge in [-0.15, -0.1) is 0 Å². The zero-order valence-electron chi connectivity index (χ0n) is 10.5. The van der Waals surface area contributed by atoms with Crippen LogP contribution in [0.5, 0.6) is 0 Å². The molecule has 0 radical (unpaired) electrons. The van der Waals surface area contributed by atoms with Crippen LogP contribution in [0.1, 0.15) is 15.9 Å². The molecule has 0 amide bonds. The van der Waals surface area contributed by atoms with Crippen molar-refractivity contribution in [1.29, 1.82) is 0 Å². The highest BCUT2D eigenvalue weighted by molar-refractivity contribution is 5.89. The van der Waals surface area contributed by atoms with E-state index in [1.807, 2.05) is 0 Å². The van der Waals surface area contributed by atoms with Gasteiger partial charge >= 0.3 is 12.1 Å². The summed E-state index contributed by atoms with van der Waals surface area (Å²) in [6.07, 6.45) is -5.00. The van der Waals surface area contributed by atoms with Crippen molar-refractivity contribution in [3.63, 3.8) is 0 Å². The minimum atomic E-state index is -5.00. The maximum Gasteiger partial charge on any atom is 0.419 e. The van der Waals surface area contributed by atoms with Crippen LogP contribution in [0.25, 0.3) is 11.1 Å². The molecule has 0 unspecified atom stereocenters. The summed E-state index contributed by atoms with van der Waals surface area (Å²) < 4.78 is 79.1. The zero-order chi connectivity index (χ0) is 16.7. The number of halogens is 6. The number of rotatable bonds is 2. The Morgan fingerprint density at radius 1 is 0.864 bits per heavy atom. The first-order valence-corrected chi connectivity index (χ1v) is 5.72. The topological polar surface area (TPSA) is 37.3 Å². The van der Waals surface area contributed by atoms with E-state index in [1.165, 1.54) is 0 Å². The number of carbonyl (C=O) groups is 1. The van der Waals surface area contributed by atoms with E-state index in [9.17, 15) is 31.1 Å². The van der Waals surface area contributed by atoms with Gasteiger partial charge in [-0.3, -0.25) is 0 Å². The summed E-state index contributed by atoms with van der Waals surface area (Å²) in [5.74, 6) is -7.04. The Bertz CT molecular complexity index is 752. The molecule has 0 aliphatic heterocycles. The molecule has 116 valence electrons. The summed E-state index contributed by atoms with van der Waals surface area (Å²) in [6, 6.07) is 3.49. The molecule has 0 bridgehead atoms. The van der Waals surface area contributed by atoms with E-state index < -0.39 is 51.9 Å². The fraction of sp³-hybridized carbons (Fsp3) is 0.0714. The number of benzene rings is 2. The van der Waals surface area contributed by atoms with Crippen molar-refractivity contribution in [2.24, 2.45) is 0 Å². The van der Waals surface area contributed by atoms with Crippen LogP contribution in [0, 0.1) is 17.5 Å². The number of carboxylic acid groups (broad SMARTS) is 1. The lowest BCUT2D eigenvalue weighted by Crippen LogP contribution is -2.09. The van der Waals surface area contributed by atoms with Crippen molar-refractivity contribution in [3.05, 3.63) is 58.9 Å². The molecule has 22 heavy (non-hydrogen) atoms. The Morgan fingerprint density at radius 2 is 1.45 bits per heavy atom. The van der Waals surface area contributed by atoms with Crippen LogP contribution in [-0.4, -0.2) is 11.1 Å². The lowest BCUT2D eigenvalue weighted by atomic mass is 9.99. The van der Waals surface area contributed by atoms with Gasteiger partial charge in [0.25, 0.3) is 0 Å². The van der Waals surface area contributed by atoms with Gasteiger partial charge in [0.05, 0.1) is 11.1 Å². The third-order valence-electron chi connectivity index (χ3n) is 2.91. The predicted octanol–water partition coefficient (Wildman–Crippen LogP) is 4.49. The molecular formula is C14H6F6O2. The molecule has 2 nitrogen and oxygen atoms in total. The van der Waals surface area contributed by atoms with Crippen molar-refractivity contribution in [2.75, 3.05) is 0 Å². The monoisotopic (exact) mass is 320 g/mol. The number of hydrogen-bond donors (Lipinski definition) is 1. The number of alkyl halides is 3. The van der Waals surface area contributed by atoms with Gasteiger partial charge in [0.15, 0.2) is 11.6 Å². The van der Waals surface area contributed by atoms with E-state index in [0.717, 1.165) is 12.1 Å². The van der Waals surface area contributed by atoms with Crippen molar-refractivity contribution in [2.45, 2.75) is 6.18 Å². The normalized spacial score (nSPS) is 11.5. The van der Waals surface area contributed by atoms with Crippen LogP contribution in [0.2, 0.25) is 0 Å². The van der Waals surface area contributed by atoms with Gasteiger partial charge in [0.2, 0.25) is 0 Å². The van der Waals surface area contributed by atoms with E-state index in [2.05, 4.69) is 0 Å². The van der Waals surface area contributed by atoms with Crippen molar-refractivity contribution >= 4 is 5.97 Å². The first kappa shape index (κ1) is 15.9. The third kappa shape index (κ3) is 2.63. The maximum absolute atomic E-state index is 13.9. The fourth-order valence-corrected chi connectivity index (χ4v) is 1.88. The SMILES string of the molecule is O=C(O)c1ccc(-c2cccc(C(F)(F)F)c2F)c(F)c1F. The van der Waals surface area contributed by atoms with E-state index in [-0.39, 0.29) is 0 Å². The minimum Gasteiger partial charge on any atom is -0.478 e. The first-order valence-electron chi connectivity index (χ1n) is 5.72. The molecule has 0 aliphatic rings. The summed E-state index contributed by atoms with van der Waals surface area (Å²) >= 11 is 0. The molecule has 0 saturated heterocycles. The molecule has 2 rings (SSSR count).